The lowest BCUT2D eigenvalue weighted by molar-refractivity contribution is 0.0988. The number of hydrogen-bond acceptors (Lipinski definition) is 2. The first-order valence-corrected chi connectivity index (χ1v) is 8.39. The van der Waals surface area contributed by atoms with Crippen LogP contribution in [0.3, 0.4) is 0 Å². The van der Waals surface area contributed by atoms with E-state index in [0.29, 0.717) is 6.42 Å². The van der Waals surface area contributed by atoms with E-state index in [-0.39, 0.29) is 5.78 Å². The number of aryl methyl sites for hydroxylation is 2. The largest absolute Gasteiger partial charge is 0.294 e. The van der Waals surface area contributed by atoms with Crippen molar-refractivity contribution in [1.29, 1.82) is 0 Å². The first-order valence-electron chi connectivity index (χ1n) is 8.39. The fourth-order valence-corrected chi connectivity index (χ4v) is 3.50. The lowest BCUT2D eigenvalue weighted by Crippen LogP contribution is -2.00. The Morgan fingerprint density at radius 2 is 1.96 bits per heavy atom. The molecule has 2 nitrogen and oxygen atoms in total. The Bertz CT molecular complexity index is 786. The third kappa shape index (κ3) is 2.98. The Morgan fingerprint density at radius 1 is 1.13 bits per heavy atom. The molecule has 2 heteroatoms. The van der Waals surface area contributed by atoms with E-state index < -0.39 is 0 Å². The van der Waals surface area contributed by atoms with Gasteiger partial charge >= 0.3 is 0 Å². The highest BCUT2D eigenvalue weighted by Crippen LogP contribution is 2.36. The van der Waals surface area contributed by atoms with E-state index in [9.17, 15) is 4.79 Å². The molecule has 1 aromatic heterocycles. The van der Waals surface area contributed by atoms with Crippen molar-refractivity contribution in [2.24, 2.45) is 0 Å². The van der Waals surface area contributed by atoms with Gasteiger partial charge in [-0.1, -0.05) is 19.1 Å². The van der Waals surface area contributed by atoms with Gasteiger partial charge in [-0.2, -0.15) is 0 Å². The molecule has 1 heterocycles. The molecule has 118 valence electrons. The fourth-order valence-electron chi connectivity index (χ4n) is 3.50. The number of nitrogens with zero attached hydrogens (tertiary/aromatic N) is 1. The number of carbonyl (C=O) groups excluding carboxylic acids is 1. The van der Waals surface area contributed by atoms with Crippen molar-refractivity contribution in [2.75, 3.05) is 0 Å². The van der Waals surface area contributed by atoms with E-state index in [0.717, 1.165) is 24.8 Å². The summed E-state index contributed by atoms with van der Waals surface area (Å²) >= 11 is 0. The van der Waals surface area contributed by atoms with Gasteiger partial charge in [0.1, 0.15) is 0 Å². The summed E-state index contributed by atoms with van der Waals surface area (Å²) in [6, 6.07) is 8.34. The van der Waals surface area contributed by atoms with E-state index in [2.05, 4.69) is 37.0 Å². The molecule has 0 spiro atoms. The highest BCUT2D eigenvalue weighted by molar-refractivity contribution is 5.97. The van der Waals surface area contributed by atoms with Gasteiger partial charge in [0.25, 0.3) is 0 Å². The number of allylic oxidation sites excluding steroid dienone is 2. The minimum atomic E-state index is 0.226. The lowest BCUT2D eigenvalue weighted by atomic mass is 9.91. The number of carbonyl (C=O) groups is 1. The average Bonchev–Trinajstić information content (AvgIpc) is 2.73. The van der Waals surface area contributed by atoms with E-state index in [4.69, 9.17) is 0 Å². The summed E-state index contributed by atoms with van der Waals surface area (Å²) in [5.74, 6) is 0.226. The molecular weight excluding hydrogens is 282 g/mol. The first-order chi connectivity index (χ1) is 11.1. The summed E-state index contributed by atoms with van der Waals surface area (Å²) in [5, 5.41) is 0. The number of pyridine rings is 1. The lowest BCUT2D eigenvalue weighted by Gasteiger charge is -2.14. The Hall–Kier alpha value is -2.22. The molecule has 0 atom stereocenters. The second kappa shape index (κ2) is 6.49. The molecule has 1 aliphatic rings. The Kier molecular flexibility index (Phi) is 4.42. The molecule has 1 aliphatic carbocycles. The summed E-state index contributed by atoms with van der Waals surface area (Å²) < 4.78 is 0. The van der Waals surface area contributed by atoms with E-state index in [1.54, 1.807) is 0 Å². The summed E-state index contributed by atoms with van der Waals surface area (Å²) in [5.41, 5.74) is 8.73. The molecule has 0 N–H and O–H groups in total. The second-order valence-corrected chi connectivity index (χ2v) is 6.30. The van der Waals surface area contributed by atoms with Gasteiger partial charge in [0.05, 0.1) is 0 Å². The first kappa shape index (κ1) is 15.7. The predicted octanol–water partition coefficient (Wildman–Crippen LogP) is 5.25. The van der Waals surface area contributed by atoms with Gasteiger partial charge in [0.15, 0.2) is 5.78 Å². The van der Waals surface area contributed by atoms with Crippen LogP contribution in [0.15, 0.2) is 36.7 Å². The molecule has 0 bridgehead atoms. The topological polar surface area (TPSA) is 30.0 Å². The zero-order chi connectivity index (χ0) is 16.4. The number of aromatic nitrogens is 1. The van der Waals surface area contributed by atoms with Crippen LogP contribution in [-0.2, 0) is 6.42 Å². The van der Waals surface area contributed by atoms with Crippen LogP contribution in [-0.4, -0.2) is 10.8 Å². The van der Waals surface area contributed by atoms with E-state index >= 15 is 0 Å². The molecule has 23 heavy (non-hydrogen) atoms. The van der Waals surface area contributed by atoms with Gasteiger partial charge in [-0.25, -0.2) is 0 Å². The summed E-state index contributed by atoms with van der Waals surface area (Å²) in [7, 11) is 0. The van der Waals surface area contributed by atoms with E-state index in [1.165, 1.54) is 33.4 Å². The van der Waals surface area contributed by atoms with Crippen molar-refractivity contribution in [2.45, 2.75) is 46.5 Å². The third-order valence-corrected chi connectivity index (χ3v) is 4.82. The fraction of sp³-hybridized carbons (Fsp3) is 0.333. The molecule has 0 unspecified atom stereocenters. The molecule has 0 amide bonds. The number of fused-ring (bicyclic) bond motifs is 1. The maximum absolute atomic E-state index is 12.0. The van der Waals surface area contributed by atoms with Gasteiger partial charge in [-0.3, -0.25) is 9.78 Å². The smallest absolute Gasteiger partial charge is 0.162 e. The molecular formula is C21H23NO. The number of hydrogen-bond donors (Lipinski definition) is 0. The number of benzene rings is 1. The van der Waals surface area contributed by atoms with Crippen LogP contribution in [0.1, 0.15) is 65.7 Å². The standard InChI is InChI=1S/C21H23NO/c1-4-21(23)17-8-9-19-15(3)20(7-5-6-16(19)12-17)18-10-11-22-13-14(18)2/h8-13H,4-7H2,1-3H3. The number of ketones is 1. The van der Waals surface area contributed by atoms with Gasteiger partial charge in [0.2, 0.25) is 0 Å². The Balaban J connectivity index is 2.11. The van der Waals surface area contributed by atoms with Crippen molar-refractivity contribution in [3.8, 4) is 0 Å². The van der Waals surface area contributed by atoms with Crippen LogP contribution < -0.4 is 0 Å². The summed E-state index contributed by atoms with van der Waals surface area (Å²) in [6.45, 7) is 6.25. The van der Waals surface area contributed by atoms with Crippen LogP contribution in [0.25, 0.3) is 11.1 Å². The third-order valence-electron chi connectivity index (χ3n) is 4.82. The average molecular weight is 305 g/mol. The maximum Gasteiger partial charge on any atom is 0.162 e. The van der Waals surface area contributed by atoms with Crippen LogP contribution in [0.5, 0.6) is 0 Å². The molecule has 1 aromatic carbocycles. The summed E-state index contributed by atoms with van der Waals surface area (Å²) in [6.07, 6.45) is 7.59. The molecule has 2 aromatic rings. The molecule has 0 saturated heterocycles. The van der Waals surface area contributed by atoms with Gasteiger partial charge in [0, 0.05) is 24.4 Å². The minimum Gasteiger partial charge on any atom is -0.294 e. The second-order valence-electron chi connectivity index (χ2n) is 6.30. The number of Topliss-reactive ketones (excluding diaryl/α,β-unsaturated/α-hetero) is 1. The Morgan fingerprint density at radius 3 is 2.70 bits per heavy atom. The van der Waals surface area contributed by atoms with Crippen LogP contribution >= 0.6 is 0 Å². The van der Waals surface area contributed by atoms with E-state index in [1.807, 2.05) is 25.4 Å². The highest BCUT2D eigenvalue weighted by Gasteiger charge is 2.18. The quantitative estimate of drug-likeness (QED) is 0.725. The predicted molar refractivity (Wildman–Crippen MR) is 95.5 cm³/mol. The summed E-state index contributed by atoms with van der Waals surface area (Å²) in [4.78, 5) is 16.2. The highest BCUT2D eigenvalue weighted by atomic mass is 16.1. The van der Waals surface area contributed by atoms with Gasteiger partial charge < -0.3 is 0 Å². The molecule has 3 rings (SSSR count). The van der Waals surface area contributed by atoms with Crippen molar-refractivity contribution < 1.29 is 4.79 Å². The van der Waals surface area contributed by atoms with Crippen LogP contribution in [0, 0.1) is 6.92 Å². The van der Waals surface area contributed by atoms with Crippen molar-refractivity contribution in [3.63, 3.8) is 0 Å². The molecule has 0 radical (unpaired) electrons. The van der Waals surface area contributed by atoms with Crippen molar-refractivity contribution >= 4 is 16.9 Å². The molecule has 0 aliphatic heterocycles. The number of rotatable bonds is 3. The Labute approximate surface area is 138 Å². The van der Waals surface area contributed by atoms with Gasteiger partial charge in [-0.15, -0.1) is 0 Å². The molecule has 0 saturated carbocycles. The SMILES string of the molecule is CCC(=O)c1ccc2c(c1)CCCC(c1ccncc1C)=C2C. The monoisotopic (exact) mass is 305 g/mol. The molecule has 0 fully saturated rings. The van der Waals surface area contributed by atoms with Crippen LogP contribution in [0.2, 0.25) is 0 Å². The van der Waals surface area contributed by atoms with Crippen molar-refractivity contribution in [1.82, 2.24) is 4.98 Å². The van der Waals surface area contributed by atoms with Gasteiger partial charge in [-0.05, 0) is 78.6 Å². The minimum absolute atomic E-state index is 0.226. The van der Waals surface area contributed by atoms with Crippen molar-refractivity contribution in [3.05, 3.63) is 64.5 Å². The zero-order valence-electron chi connectivity index (χ0n) is 14.1. The zero-order valence-corrected chi connectivity index (χ0v) is 14.1. The normalized spacial score (nSPS) is 14.4. The maximum atomic E-state index is 12.0. The van der Waals surface area contributed by atoms with Crippen LogP contribution in [0.4, 0.5) is 0 Å².